The first-order valence-electron chi connectivity index (χ1n) is 9.38. The molecule has 0 spiro atoms. The number of fused-ring (bicyclic) bond motifs is 1. The Hall–Kier alpha value is -2.14. The maximum atomic E-state index is 12.7. The molecule has 136 valence electrons. The van der Waals surface area contributed by atoms with Gasteiger partial charge in [-0.1, -0.05) is 43.7 Å². The monoisotopic (exact) mass is 368 g/mol. The van der Waals surface area contributed by atoms with Crippen molar-refractivity contribution in [2.75, 3.05) is 5.32 Å². The Labute approximate surface area is 157 Å². The van der Waals surface area contributed by atoms with Crippen molar-refractivity contribution < 1.29 is 9.59 Å². The first kappa shape index (κ1) is 17.3. The quantitative estimate of drug-likeness (QED) is 0.834. The number of amides is 2. The van der Waals surface area contributed by atoms with Gasteiger partial charge in [-0.3, -0.25) is 9.59 Å². The van der Waals surface area contributed by atoms with E-state index in [0.717, 1.165) is 37.7 Å². The Morgan fingerprint density at radius 1 is 1.27 bits per heavy atom. The fourth-order valence-electron chi connectivity index (χ4n) is 4.11. The van der Waals surface area contributed by atoms with Gasteiger partial charge in [0.25, 0.3) is 5.91 Å². The molecule has 0 radical (unpaired) electrons. The minimum absolute atomic E-state index is 0.00647. The van der Waals surface area contributed by atoms with Crippen LogP contribution in [-0.4, -0.2) is 11.8 Å². The number of hydrogen-bond donors (Lipinski definition) is 2. The number of thiophene rings is 1. The lowest BCUT2D eigenvalue weighted by atomic mass is 9.85. The van der Waals surface area contributed by atoms with Gasteiger partial charge in [0.1, 0.15) is 5.00 Å². The van der Waals surface area contributed by atoms with Crippen LogP contribution in [0, 0.1) is 11.8 Å². The maximum Gasteiger partial charge on any atom is 0.251 e. The number of nitrogens with two attached hydrogens (primary N) is 1. The van der Waals surface area contributed by atoms with Gasteiger partial charge in [-0.25, -0.2) is 0 Å². The number of benzene rings is 1. The number of hydrogen-bond acceptors (Lipinski definition) is 3. The van der Waals surface area contributed by atoms with Gasteiger partial charge < -0.3 is 11.1 Å². The van der Waals surface area contributed by atoms with Crippen LogP contribution in [0.3, 0.4) is 0 Å². The summed E-state index contributed by atoms with van der Waals surface area (Å²) in [6.45, 7) is 2.21. The summed E-state index contributed by atoms with van der Waals surface area (Å²) < 4.78 is 0. The normalized spacial score (nSPS) is 24.0. The molecule has 1 heterocycles. The van der Waals surface area contributed by atoms with Crippen LogP contribution in [-0.2, 0) is 17.6 Å². The summed E-state index contributed by atoms with van der Waals surface area (Å²) in [6.07, 6.45) is 4.97. The molecule has 2 aliphatic rings. The molecule has 1 saturated carbocycles. The van der Waals surface area contributed by atoms with Crippen molar-refractivity contribution in [2.45, 2.75) is 44.9 Å². The molecule has 1 aromatic heterocycles. The van der Waals surface area contributed by atoms with Gasteiger partial charge in [0.2, 0.25) is 5.91 Å². The van der Waals surface area contributed by atoms with Crippen molar-refractivity contribution >= 4 is 28.2 Å². The molecular formula is C21H24N2O2S. The molecule has 3 N–H and O–H groups in total. The highest BCUT2D eigenvalue weighted by atomic mass is 32.1. The third kappa shape index (κ3) is 3.16. The molecule has 5 heteroatoms. The van der Waals surface area contributed by atoms with Crippen LogP contribution in [0.5, 0.6) is 0 Å². The van der Waals surface area contributed by atoms with E-state index in [4.69, 9.17) is 5.73 Å². The third-order valence-corrected chi connectivity index (χ3v) is 6.95. The van der Waals surface area contributed by atoms with Crippen LogP contribution in [0.2, 0.25) is 0 Å². The second kappa shape index (κ2) is 6.88. The van der Waals surface area contributed by atoms with Crippen LogP contribution >= 0.6 is 11.3 Å². The SMILES string of the molecule is CC[C@@H]1CCc2c(sc(NC(=O)[C@H]3C[C@H]3c3ccccc3)c2C(N)=O)C1. The maximum absolute atomic E-state index is 12.7. The fourth-order valence-corrected chi connectivity index (χ4v) is 5.48. The van der Waals surface area contributed by atoms with Crippen molar-refractivity contribution in [3.05, 3.63) is 51.9 Å². The van der Waals surface area contributed by atoms with E-state index in [2.05, 4.69) is 24.4 Å². The number of anilines is 1. The van der Waals surface area contributed by atoms with Gasteiger partial charge in [0, 0.05) is 10.8 Å². The Balaban J connectivity index is 1.52. The van der Waals surface area contributed by atoms with Crippen molar-refractivity contribution in [1.29, 1.82) is 0 Å². The predicted molar refractivity (Wildman–Crippen MR) is 105 cm³/mol. The molecule has 2 amide bonds. The van der Waals surface area contributed by atoms with Crippen LogP contribution in [0.4, 0.5) is 5.00 Å². The van der Waals surface area contributed by atoms with Crippen molar-refractivity contribution in [1.82, 2.24) is 0 Å². The zero-order valence-corrected chi connectivity index (χ0v) is 15.8. The van der Waals surface area contributed by atoms with Gasteiger partial charge in [0.05, 0.1) is 5.56 Å². The lowest BCUT2D eigenvalue weighted by Crippen LogP contribution is -2.20. The highest BCUT2D eigenvalue weighted by Crippen LogP contribution is 2.48. The Bertz CT molecular complexity index is 843. The van der Waals surface area contributed by atoms with Crippen molar-refractivity contribution in [2.24, 2.45) is 17.6 Å². The number of carbonyl (C=O) groups excluding carboxylic acids is 2. The largest absolute Gasteiger partial charge is 0.365 e. The molecule has 3 atom stereocenters. The average Bonchev–Trinajstić information content (AvgIpc) is 3.37. The molecule has 2 aliphatic carbocycles. The molecule has 26 heavy (non-hydrogen) atoms. The summed E-state index contributed by atoms with van der Waals surface area (Å²) in [7, 11) is 0. The van der Waals surface area contributed by atoms with Crippen molar-refractivity contribution in [3.63, 3.8) is 0 Å². The number of nitrogens with one attached hydrogen (secondary N) is 1. The second-order valence-corrected chi connectivity index (χ2v) is 8.54. The van der Waals surface area contributed by atoms with Gasteiger partial charge >= 0.3 is 0 Å². The molecule has 0 aliphatic heterocycles. The topological polar surface area (TPSA) is 72.2 Å². The van der Waals surface area contributed by atoms with Gasteiger partial charge in [-0.2, -0.15) is 0 Å². The van der Waals surface area contributed by atoms with Crippen LogP contribution in [0.25, 0.3) is 0 Å². The second-order valence-electron chi connectivity index (χ2n) is 7.44. The smallest absolute Gasteiger partial charge is 0.251 e. The van der Waals surface area contributed by atoms with Crippen molar-refractivity contribution in [3.8, 4) is 0 Å². The van der Waals surface area contributed by atoms with E-state index in [0.29, 0.717) is 16.5 Å². The van der Waals surface area contributed by atoms with Gasteiger partial charge in [-0.05, 0) is 48.6 Å². The summed E-state index contributed by atoms with van der Waals surface area (Å²) in [5.74, 6) is 0.513. The van der Waals surface area contributed by atoms with E-state index in [9.17, 15) is 9.59 Å². The highest BCUT2D eigenvalue weighted by molar-refractivity contribution is 7.17. The molecule has 1 fully saturated rings. The predicted octanol–water partition coefficient (Wildman–Crippen LogP) is 4.10. The Morgan fingerprint density at radius 2 is 2.04 bits per heavy atom. The Kier molecular flexibility index (Phi) is 4.57. The summed E-state index contributed by atoms with van der Waals surface area (Å²) in [5.41, 5.74) is 8.47. The van der Waals surface area contributed by atoms with E-state index >= 15 is 0 Å². The number of rotatable bonds is 5. The lowest BCUT2D eigenvalue weighted by molar-refractivity contribution is -0.117. The number of primary amides is 1. The minimum atomic E-state index is -0.428. The van der Waals surface area contributed by atoms with Crippen LogP contribution in [0.15, 0.2) is 30.3 Å². The average molecular weight is 369 g/mol. The van der Waals surface area contributed by atoms with Gasteiger partial charge in [-0.15, -0.1) is 11.3 Å². The fraction of sp³-hybridized carbons (Fsp3) is 0.429. The first-order valence-corrected chi connectivity index (χ1v) is 10.2. The summed E-state index contributed by atoms with van der Waals surface area (Å²) in [6, 6.07) is 10.1. The molecule has 0 unspecified atom stereocenters. The van der Waals surface area contributed by atoms with E-state index in [1.165, 1.54) is 10.4 Å². The zero-order valence-electron chi connectivity index (χ0n) is 15.0. The van der Waals surface area contributed by atoms with Crippen LogP contribution in [0.1, 0.15) is 58.5 Å². The molecular weight excluding hydrogens is 344 g/mol. The first-order chi connectivity index (χ1) is 12.6. The van der Waals surface area contributed by atoms with Crippen LogP contribution < -0.4 is 11.1 Å². The summed E-state index contributed by atoms with van der Waals surface area (Å²) >= 11 is 1.55. The molecule has 4 nitrogen and oxygen atoms in total. The molecule has 4 rings (SSSR count). The van der Waals surface area contributed by atoms with E-state index in [-0.39, 0.29) is 17.7 Å². The molecule has 2 aromatic rings. The van der Waals surface area contributed by atoms with E-state index < -0.39 is 5.91 Å². The lowest BCUT2D eigenvalue weighted by Gasteiger charge is -2.20. The highest BCUT2D eigenvalue weighted by Gasteiger charge is 2.44. The number of carbonyl (C=O) groups is 2. The van der Waals surface area contributed by atoms with E-state index in [1.807, 2.05) is 18.2 Å². The molecule has 1 aromatic carbocycles. The van der Waals surface area contributed by atoms with Gasteiger partial charge in [0.15, 0.2) is 0 Å². The zero-order chi connectivity index (χ0) is 18.3. The standard InChI is InChI=1S/C21H24N2O2S/c1-2-12-8-9-14-17(10-12)26-21(18(14)19(22)24)23-20(25)16-11-15(16)13-6-4-3-5-7-13/h3-7,12,15-16H,2,8-11H2,1H3,(H2,22,24)(H,23,25)/t12-,15+,16+/m1/s1. The Morgan fingerprint density at radius 3 is 2.73 bits per heavy atom. The molecule has 0 bridgehead atoms. The van der Waals surface area contributed by atoms with E-state index in [1.54, 1.807) is 11.3 Å². The minimum Gasteiger partial charge on any atom is -0.365 e. The third-order valence-electron chi connectivity index (χ3n) is 5.78. The molecule has 0 saturated heterocycles. The summed E-state index contributed by atoms with van der Waals surface area (Å²) in [5, 5.41) is 3.68. The summed E-state index contributed by atoms with van der Waals surface area (Å²) in [4.78, 5) is 26.0.